The summed E-state index contributed by atoms with van der Waals surface area (Å²) in [5.74, 6) is 0. The minimum Gasteiger partial charge on any atom is -0.393 e. The molecule has 3 aromatic heterocycles. The van der Waals surface area contributed by atoms with Crippen molar-refractivity contribution in [2.45, 2.75) is 33.3 Å². The molecule has 4 rings (SSSR count). The molecule has 0 aromatic carbocycles. The summed E-state index contributed by atoms with van der Waals surface area (Å²) in [5.41, 5.74) is 3.00. The van der Waals surface area contributed by atoms with Gasteiger partial charge in [0.15, 0.2) is 0 Å². The van der Waals surface area contributed by atoms with Crippen LogP contribution in [0.1, 0.15) is 31.7 Å². The maximum atomic E-state index is 12.3. The molecule has 0 fully saturated rings. The molecule has 0 saturated carbocycles. The Bertz CT molecular complexity index is 1200. The van der Waals surface area contributed by atoms with Crippen molar-refractivity contribution in [2.75, 3.05) is 17.1 Å². The highest BCUT2D eigenvalue weighted by atomic mass is 32.2. The fraction of sp³-hybridized carbons (Fsp3) is 0.368. The lowest BCUT2D eigenvalue weighted by Crippen LogP contribution is -2.36. The van der Waals surface area contributed by atoms with E-state index in [9.17, 15) is 8.42 Å². The largest absolute Gasteiger partial charge is 0.393 e. The zero-order valence-electron chi connectivity index (χ0n) is 17.0. The van der Waals surface area contributed by atoms with E-state index < -0.39 is 10.0 Å². The topological polar surface area (TPSA) is 97.6 Å². The van der Waals surface area contributed by atoms with Gasteiger partial charge in [0.1, 0.15) is 32.5 Å². The first-order valence-corrected chi connectivity index (χ1v) is 12.8. The Labute approximate surface area is 183 Å². The predicted molar refractivity (Wildman–Crippen MR) is 121 cm³/mol. The minimum absolute atomic E-state index is 0.0715. The van der Waals surface area contributed by atoms with Crippen molar-refractivity contribution in [1.82, 2.24) is 15.0 Å². The second kappa shape index (κ2) is 8.05. The molecular weight excluding hydrogens is 442 g/mol. The van der Waals surface area contributed by atoms with Crippen molar-refractivity contribution in [3.05, 3.63) is 35.9 Å². The Hall–Kier alpha value is -2.37. The molecule has 0 spiro atoms. The first-order valence-electron chi connectivity index (χ1n) is 9.34. The Kier molecular flexibility index (Phi) is 5.60. The average molecular weight is 464 g/mol. The quantitative estimate of drug-likeness (QED) is 0.532. The summed E-state index contributed by atoms with van der Waals surface area (Å²) in [5, 5.41) is 6.38. The fourth-order valence-electron chi connectivity index (χ4n) is 2.98. The molecule has 0 saturated heterocycles. The second-order valence-electron chi connectivity index (χ2n) is 7.13. The van der Waals surface area contributed by atoms with Gasteiger partial charge in [-0.1, -0.05) is 16.5 Å². The molecule has 1 aliphatic rings. The molecule has 0 amide bonds. The number of hydrogen-bond acceptors (Lipinski definition) is 9. The van der Waals surface area contributed by atoms with Crippen LogP contribution in [0.2, 0.25) is 0 Å². The maximum Gasteiger partial charge on any atom is 0.232 e. The van der Waals surface area contributed by atoms with Gasteiger partial charge >= 0.3 is 0 Å². The zero-order chi connectivity index (χ0) is 21.5. The van der Waals surface area contributed by atoms with E-state index in [0.29, 0.717) is 29.4 Å². The summed E-state index contributed by atoms with van der Waals surface area (Å²) < 4.78 is 26.1. The van der Waals surface area contributed by atoms with Gasteiger partial charge in [-0.3, -0.25) is 9.29 Å². The maximum absolute atomic E-state index is 12.3. The number of rotatable bonds is 5. The van der Waals surface area contributed by atoms with E-state index in [1.54, 1.807) is 12.4 Å². The number of aromatic nitrogens is 3. The van der Waals surface area contributed by atoms with Gasteiger partial charge < -0.3 is 4.84 Å². The van der Waals surface area contributed by atoms with Gasteiger partial charge in [0.25, 0.3) is 0 Å². The van der Waals surface area contributed by atoms with Gasteiger partial charge in [-0.25, -0.2) is 18.4 Å². The summed E-state index contributed by atoms with van der Waals surface area (Å²) >= 11 is 2.85. The first-order chi connectivity index (χ1) is 14.2. The van der Waals surface area contributed by atoms with Crippen LogP contribution in [0, 0.1) is 6.92 Å². The van der Waals surface area contributed by atoms with Crippen molar-refractivity contribution in [1.29, 1.82) is 0 Å². The van der Waals surface area contributed by atoms with Crippen LogP contribution < -0.4 is 4.31 Å². The molecule has 158 valence electrons. The number of fused-ring (bicyclic) bond motifs is 1. The molecule has 11 heteroatoms. The third-order valence-electron chi connectivity index (χ3n) is 4.33. The molecule has 0 bridgehead atoms. The third kappa shape index (κ3) is 4.09. The number of hydrogen-bond donors (Lipinski definition) is 0. The average Bonchev–Trinajstić information content (AvgIpc) is 3.29. The van der Waals surface area contributed by atoms with Crippen molar-refractivity contribution in [3.8, 4) is 20.5 Å². The Morgan fingerprint density at radius 3 is 2.70 bits per heavy atom. The number of aryl methyl sites for hydroxylation is 1. The van der Waals surface area contributed by atoms with Crippen LogP contribution in [0.15, 0.2) is 29.7 Å². The molecule has 0 radical (unpaired) electrons. The number of anilines is 1. The van der Waals surface area contributed by atoms with Crippen LogP contribution in [0.25, 0.3) is 20.5 Å². The van der Waals surface area contributed by atoms with Crippen LogP contribution in [0.5, 0.6) is 0 Å². The van der Waals surface area contributed by atoms with E-state index >= 15 is 0 Å². The van der Waals surface area contributed by atoms with E-state index in [2.05, 4.69) is 15.1 Å². The van der Waals surface area contributed by atoms with Gasteiger partial charge in [-0.15, -0.1) is 11.3 Å². The fourth-order valence-corrected chi connectivity index (χ4v) is 6.51. The Balaban J connectivity index is 1.80. The van der Waals surface area contributed by atoms with Crippen molar-refractivity contribution < 1.29 is 13.3 Å². The number of nitrogens with zero attached hydrogens (tertiary/aromatic N) is 5. The molecule has 3 aromatic rings. The van der Waals surface area contributed by atoms with E-state index in [4.69, 9.17) is 9.82 Å². The summed E-state index contributed by atoms with van der Waals surface area (Å²) in [7, 11) is -3.42. The molecule has 30 heavy (non-hydrogen) atoms. The molecule has 0 N–H and O–H groups in total. The van der Waals surface area contributed by atoms with Gasteiger partial charge in [0.05, 0.1) is 16.8 Å². The standard InChI is InChI=1S/C19H21N5O3S3/c1-11(2)27-23-14-7-9-24(30(4,25)26)19-15(14)22-18(29-19)16-12(3)21-17(28-16)13-6-5-8-20-10-13/h5-6,8,10-11H,7,9H2,1-4H3/b23-14+. The number of sulfonamides is 1. The number of pyridine rings is 1. The van der Waals surface area contributed by atoms with Crippen LogP contribution in [0.3, 0.4) is 0 Å². The first kappa shape index (κ1) is 20.9. The van der Waals surface area contributed by atoms with Crippen molar-refractivity contribution in [3.63, 3.8) is 0 Å². The molecular formula is C19H21N5O3S3. The van der Waals surface area contributed by atoms with Crippen LogP contribution >= 0.6 is 22.7 Å². The SMILES string of the molecule is Cc1nc(-c2cccnc2)sc1-c1nc2c(s1)N(S(C)(=O)=O)CC/C2=N\OC(C)C. The van der Waals surface area contributed by atoms with E-state index in [1.807, 2.05) is 32.9 Å². The van der Waals surface area contributed by atoms with Crippen LogP contribution in [0.4, 0.5) is 5.00 Å². The number of oxime groups is 1. The van der Waals surface area contributed by atoms with Gasteiger partial charge in [-0.05, 0) is 32.9 Å². The lowest BCUT2D eigenvalue weighted by Gasteiger charge is -2.25. The van der Waals surface area contributed by atoms with E-state index in [-0.39, 0.29) is 6.10 Å². The molecule has 0 aliphatic carbocycles. The smallest absolute Gasteiger partial charge is 0.232 e. The molecule has 4 heterocycles. The molecule has 8 nitrogen and oxygen atoms in total. The third-order valence-corrected chi connectivity index (χ3v) is 8.05. The van der Waals surface area contributed by atoms with E-state index in [0.717, 1.165) is 26.1 Å². The summed E-state index contributed by atoms with van der Waals surface area (Å²) in [6.45, 7) is 6.03. The molecule has 0 unspecified atom stereocenters. The van der Waals surface area contributed by atoms with Crippen molar-refractivity contribution in [2.24, 2.45) is 5.16 Å². The Morgan fingerprint density at radius 2 is 2.03 bits per heavy atom. The van der Waals surface area contributed by atoms with Gasteiger partial charge in [-0.2, -0.15) is 0 Å². The van der Waals surface area contributed by atoms with Crippen LogP contribution in [-0.2, 0) is 14.9 Å². The van der Waals surface area contributed by atoms with Crippen LogP contribution in [-0.4, -0.2) is 48.0 Å². The monoisotopic (exact) mass is 463 g/mol. The highest BCUT2D eigenvalue weighted by Gasteiger charge is 2.33. The second-order valence-corrected chi connectivity index (χ2v) is 11.0. The van der Waals surface area contributed by atoms with Crippen molar-refractivity contribution >= 4 is 43.4 Å². The minimum atomic E-state index is -3.42. The summed E-state index contributed by atoms with van der Waals surface area (Å²) in [4.78, 5) is 19.9. The van der Waals surface area contributed by atoms with Gasteiger partial charge in [0.2, 0.25) is 10.0 Å². The number of thiazole rings is 2. The zero-order valence-corrected chi connectivity index (χ0v) is 19.4. The summed E-state index contributed by atoms with van der Waals surface area (Å²) in [6.07, 6.45) is 5.08. The molecule has 0 atom stereocenters. The lowest BCUT2D eigenvalue weighted by molar-refractivity contribution is 0.0855. The predicted octanol–water partition coefficient (Wildman–Crippen LogP) is 3.94. The Morgan fingerprint density at radius 1 is 1.23 bits per heavy atom. The summed E-state index contributed by atoms with van der Waals surface area (Å²) in [6, 6.07) is 3.83. The normalized spacial score (nSPS) is 15.6. The lowest BCUT2D eigenvalue weighted by atomic mass is 10.1. The highest BCUT2D eigenvalue weighted by Crippen LogP contribution is 2.43. The van der Waals surface area contributed by atoms with E-state index in [1.165, 1.54) is 33.2 Å². The van der Waals surface area contributed by atoms with Gasteiger partial charge in [0, 0.05) is 30.9 Å². The molecule has 1 aliphatic heterocycles. The highest BCUT2D eigenvalue weighted by molar-refractivity contribution is 7.92.